The van der Waals surface area contributed by atoms with Gasteiger partial charge in [0.15, 0.2) is 0 Å². The molecule has 2 atom stereocenters. The van der Waals surface area contributed by atoms with E-state index in [1.165, 1.54) is 0 Å². The van der Waals surface area contributed by atoms with Gasteiger partial charge in [-0.25, -0.2) is 0 Å². The fourth-order valence-electron chi connectivity index (χ4n) is 2.96. The van der Waals surface area contributed by atoms with Crippen molar-refractivity contribution in [3.8, 4) is 17.1 Å². The zero-order chi connectivity index (χ0) is 15.5. The van der Waals surface area contributed by atoms with E-state index < -0.39 is 0 Å². The predicted octanol–water partition coefficient (Wildman–Crippen LogP) is 1.91. The van der Waals surface area contributed by atoms with E-state index in [-0.39, 0.29) is 0 Å². The number of hydrogen-bond donors (Lipinski definition) is 1. The van der Waals surface area contributed by atoms with Crippen molar-refractivity contribution in [1.82, 2.24) is 15.0 Å². The standard InChI is InChI=1S/C16H22N4O2/c1-11-7-12(8-17)9-20(11)10-15-18-16(19-22-15)13-3-5-14(21-2)6-4-13/h3-6,11-12H,7-10,17H2,1-2H3. The maximum Gasteiger partial charge on any atom is 0.241 e. The van der Waals surface area contributed by atoms with Crippen molar-refractivity contribution in [3.05, 3.63) is 30.2 Å². The lowest BCUT2D eigenvalue weighted by molar-refractivity contribution is 0.218. The predicted molar refractivity (Wildman–Crippen MR) is 83.3 cm³/mol. The molecule has 2 aromatic rings. The Bertz CT molecular complexity index is 611. The number of methoxy groups -OCH3 is 1. The first-order valence-electron chi connectivity index (χ1n) is 7.60. The molecule has 3 rings (SSSR count). The van der Waals surface area contributed by atoms with Gasteiger partial charge in [-0.1, -0.05) is 5.16 Å². The third kappa shape index (κ3) is 3.13. The molecular weight excluding hydrogens is 280 g/mol. The van der Waals surface area contributed by atoms with Gasteiger partial charge in [0.25, 0.3) is 0 Å². The highest BCUT2D eigenvalue weighted by atomic mass is 16.5. The summed E-state index contributed by atoms with van der Waals surface area (Å²) in [6, 6.07) is 8.14. The number of rotatable bonds is 5. The second kappa shape index (κ2) is 6.46. The van der Waals surface area contributed by atoms with Crippen LogP contribution in [0.1, 0.15) is 19.2 Å². The summed E-state index contributed by atoms with van der Waals surface area (Å²) >= 11 is 0. The summed E-state index contributed by atoms with van der Waals surface area (Å²) in [5, 5.41) is 4.07. The molecular formula is C16H22N4O2. The Balaban J connectivity index is 1.68. The molecule has 1 fully saturated rings. The third-order valence-electron chi connectivity index (χ3n) is 4.28. The molecule has 2 N–H and O–H groups in total. The van der Waals surface area contributed by atoms with Gasteiger partial charge in [-0.15, -0.1) is 0 Å². The molecule has 0 bridgehead atoms. The zero-order valence-corrected chi connectivity index (χ0v) is 13.0. The smallest absolute Gasteiger partial charge is 0.241 e. The molecule has 1 aliphatic heterocycles. The van der Waals surface area contributed by atoms with Gasteiger partial charge in [0, 0.05) is 18.2 Å². The topological polar surface area (TPSA) is 77.4 Å². The highest BCUT2D eigenvalue weighted by Gasteiger charge is 2.29. The Kier molecular flexibility index (Phi) is 4.40. The van der Waals surface area contributed by atoms with E-state index in [4.69, 9.17) is 15.0 Å². The number of likely N-dealkylation sites (tertiary alicyclic amines) is 1. The Labute approximate surface area is 130 Å². The molecule has 0 saturated carbocycles. The molecule has 2 heterocycles. The van der Waals surface area contributed by atoms with Gasteiger partial charge >= 0.3 is 0 Å². The molecule has 22 heavy (non-hydrogen) atoms. The Morgan fingerprint density at radius 1 is 1.36 bits per heavy atom. The van der Waals surface area contributed by atoms with E-state index in [1.807, 2.05) is 24.3 Å². The molecule has 1 aliphatic rings. The van der Waals surface area contributed by atoms with Crippen molar-refractivity contribution >= 4 is 0 Å². The first-order valence-corrected chi connectivity index (χ1v) is 7.60. The summed E-state index contributed by atoms with van der Waals surface area (Å²) in [6.07, 6.45) is 1.13. The molecule has 0 amide bonds. The van der Waals surface area contributed by atoms with Crippen molar-refractivity contribution in [2.45, 2.75) is 25.9 Å². The maximum absolute atomic E-state index is 5.77. The van der Waals surface area contributed by atoms with Crippen molar-refractivity contribution in [1.29, 1.82) is 0 Å². The SMILES string of the molecule is COc1ccc(-c2noc(CN3CC(CN)CC3C)n2)cc1. The van der Waals surface area contributed by atoms with E-state index in [0.29, 0.717) is 30.2 Å². The van der Waals surface area contributed by atoms with Gasteiger partial charge < -0.3 is 15.0 Å². The molecule has 1 aromatic heterocycles. The van der Waals surface area contributed by atoms with Crippen molar-refractivity contribution < 1.29 is 9.26 Å². The Morgan fingerprint density at radius 2 is 2.14 bits per heavy atom. The van der Waals surface area contributed by atoms with Crippen LogP contribution in [0.4, 0.5) is 0 Å². The molecule has 1 aromatic carbocycles. The molecule has 6 heteroatoms. The number of aromatic nitrogens is 2. The van der Waals surface area contributed by atoms with E-state index in [2.05, 4.69) is 22.0 Å². The summed E-state index contributed by atoms with van der Waals surface area (Å²) in [5.74, 6) is 2.64. The van der Waals surface area contributed by atoms with Crippen LogP contribution in [0, 0.1) is 5.92 Å². The van der Waals surface area contributed by atoms with Gasteiger partial charge in [-0.3, -0.25) is 4.90 Å². The van der Waals surface area contributed by atoms with E-state index >= 15 is 0 Å². The van der Waals surface area contributed by atoms with Crippen LogP contribution in [0.15, 0.2) is 28.8 Å². The minimum absolute atomic E-state index is 0.505. The molecule has 118 valence electrons. The normalized spacial score (nSPS) is 22.1. The van der Waals surface area contributed by atoms with Crippen LogP contribution in [-0.4, -0.2) is 41.3 Å². The molecule has 2 unspecified atom stereocenters. The summed E-state index contributed by atoms with van der Waals surface area (Å²) in [6.45, 7) is 4.64. The summed E-state index contributed by atoms with van der Waals surface area (Å²) < 4.78 is 10.5. The average Bonchev–Trinajstić information content (AvgIpc) is 3.15. The average molecular weight is 302 g/mol. The van der Waals surface area contributed by atoms with Crippen molar-refractivity contribution in [2.24, 2.45) is 11.7 Å². The summed E-state index contributed by atoms with van der Waals surface area (Å²) in [7, 11) is 1.65. The van der Waals surface area contributed by atoms with Crippen LogP contribution >= 0.6 is 0 Å². The van der Waals surface area contributed by atoms with Gasteiger partial charge in [0.1, 0.15) is 5.75 Å². The molecule has 0 spiro atoms. The highest BCUT2D eigenvalue weighted by Crippen LogP contribution is 2.25. The summed E-state index contributed by atoms with van der Waals surface area (Å²) in [5.41, 5.74) is 6.69. The quantitative estimate of drug-likeness (QED) is 0.909. The maximum atomic E-state index is 5.77. The largest absolute Gasteiger partial charge is 0.497 e. The monoisotopic (exact) mass is 302 g/mol. The van der Waals surface area contributed by atoms with Crippen LogP contribution in [0.5, 0.6) is 5.75 Å². The van der Waals surface area contributed by atoms with Crippen LogP contribution in [0.2, 0.25) is 0 Å². The first kappa shape index (κ1) is 15.0. The molecule has 0 radical (unpaired) electrons. The second-order valence-corrected chi connectivity index (χ2v) is 5.86. The summed E-state index contributed by atoms with van der Waals surface area (Å²) in [4.78, 5) is 6.84. The van der Waals surface area contributed by atoms with Crippen LogP contribution in [-0.2, 0) is 6.54 Å². The minimum Gasteiger partial charge on any atom is -0.497 e. The number of nitrogens with zero attached hydrogens (tertiary/aromatic N) is 3. The Morgan fingerprint density at radius 3 is 2.77 bits per heavy atom. The van der Waals surface area contributed by atoms with Crippen LogP contribution < -0.4 is 10.5 Å². The van der Waals surface area contributed by atoms with Crippen molar-refractivity contribution in [3.63, 3.8) is 0 Å². The number of ether oxygens (including phenoxy) is 1. The minimum atomic E-state index is 0.505. The highest BCUT2D eigenvalue weighted by molar-refractivity contribution is 5.55. The molecule has 1 saturated heterocycles. The Hall–Kier alpha value is -1.92. The molecule has 0 aliphatic carbocycles. The third-order valence-corrected chi connectivity index (χ3v) is 4.28. The number of benzene rings is 1. The van der Waals surface area contributed by atoms with Crippen LogP contribution in [0.25, 0.3) is 11.4 Å². The fourth-order valence-corrected chi connectivity index (χ4v) is 2.96. The van der Waals surface area contributed by atoms with Crippen molar-refractivity contribution in [2.75, 3.05) is 20.2 Å². The second-order valence-electron chi connectivity index (χ2n) is 5.86. The number of nitrogens with two attached hydrogens (primary N) is 1. The first-order chi connectivity index (χ1) is 10.7. The van der Waals surface area contributed by atoms with E-state index in [0.717, 1.165) is 30.8 Å². The van der Waals surface area contributed by atoms with Gasteiger partial charge in [-0.2, -0.15) is 4.98 Å². The fraction of sp³-hybridized carbons (Fsp3) is 0.500. The zero-order valence-electron chi connectivity index (χ0n) is 13.0. The van der Waals surface area contributed by atoms with Gasteiger partial charge in [-0.05, 0) is 50.1 Å². The van der Waals surface area contributed by atoms with E-state index in [1.54, 1.807) is 7.11 Å². The lowest BCUT2D eigenvalue weighted by Gasteiger charge is -2.18. The number of hydrogen-bond acceptors (Lipinski definition) is 6. The van der Waals surface area contributed by atoms with Gasteiger partial charge in [0.2, 0.25) is 11.7 Å². The lowest BCUT2D eigenvalue weighted by atomic mass is 10.1. The van der Waals surface area contributed by atoms with Crippen LogP contribution in [0.3, 0.4) is 0 Å². The van der Waals surface area contributed by atoms with E-state index in [9.17, 15) is 0 Å². The lowest BCUT2D eigenvalue weighted by Crippen LogP contribution is -2.27. The molecule has 6 nitrogen and oxygen atoms in total. The van der Waals surface area contributed by atoms with Gasteiger partial charge in [0.05, 0.1) is 13.7 Å².